The Morgan fingerprint density at radius 1 is 1.10 bits per heavy atom. The molecule has 0 bridgehead atoms. The molecule has 0 unspecified atom stereocenters. The molecule has 1 amide bonds. The summed E-state index contributed by atoms with van der Waals surface area (Å²) in [4.78, 5) is 12.4. The summed E-state index contributed by atoms with van der Waals surface area (Å²) in [6, 6.07) is 11.1. The second kappa shape index (κ2) is 10.7. The Kier molecular flexibility index (Phi) is 8.01. The second-order valence-corrected chi connectivity index (χ2v) is 8.57. The highest BCUT2D eigenvalue weighted by Crippen LogP contribution is 2.25. The lowest BCUT2D eigenvalue weighted by atomic mass is 10.2. The van der Waals surface area contributed by atoms with Gasteiger partial charge in [-0.05, 0) is 49.2 Å². The smallest absolute Gasteiger partial charge is 0.234 e. The summed E-state index contributed by atoms with van der Waals surface area (Å²) in [5.41, 5.74) is 3.45. The lowest BCUT2D eigenvalue weighted by Crippen LogP contribution is -2.16. The van der Waals surface area contributed by atoms with Crippen LogP contribution in [0.15, 0.2) is 54.2 Å². The fraction of sp³-hybridized carbons (Fsp3) is 0.227. The van der Waals surface area contributed by atoms with E-state index in [1.807, 2.05) is 42.7 Å². The average molecular weight is 476 g/mol. The number of allylic oxidation sites excluding steroid dienone is 1. The normalized spacial score (nSPS) is 10.7. The zero-order valence-corrected chi connectivity index (χ0v) is 19.6. The molecule has 3 aromatic rings. The summed E-state index contributed by atoms with van der Waals surface area (Å²) in [6.45, 7) is 8.65. The first-order chi connectivity index (χ1) is 14.9. The van der Waals surface area contributed by atoms with Gasteiger partial charge in [-0.25, -0.2) is 0 Å². The molecular formula is C22H23Cl2N5OS. The Bertz CT molecular complexity index is 1100. The minimum absolute atomic E-state index is 0.141. The fourth-order valence-corrected chi connectivity index (χ4v) is 4.02. The van der Waals surface area contributed by atoms with Crippen LogP contribution in [0.3, 0.4) is 0 Å². The summed E-state index contributed by atoms with van der Waals surface area (Å²) in [5.74, 6) is 0.799. The molecule has 31 heavy (non-hydrogen) atoms. The molecule has 2 aromatic carbocycles. The van der Waals surface area contributed by atoms with E-state index >= 15 is 0 Å². The summed E-state index contributed by atoms with van der Waals surface area (Å²) in [7, 11) is 0. The Balaban J connectivity index is 1.65. The molecule has 162 valence electrons. The number of hydrogen-bond donors (Lipinski definition) is 2. The van der Waals surface area contributed by atoms with Crippen molar-refractivity contribution in [1.29, 1.82) is 0 Å². The number of carbonyl (C=O) groups excluding carboxylic acids is 1. The van der Waals surface area contributed by atoms with Crippen LogP contribution >= 0.6 is 35.0 Å². The standard InChI is InChI=1S/C22H23Cl2N5OS/c1-4-11-29-20(12-25-18-9-5-7-16(23)14(18)2)27-28-22(29)31-13-21(30)26-19-10-6-8-17(24)15(19)3/h4-10,25H,1,11-13H2,2-3H3,(H,26,30). The van der Waals surface area contributed by atoms with Gasteiger partial charge in [-0.15, -0.1) is 16.8 Å². The lowest BCUT2D eigenvalue weighted by molar-refractivity contribution is -0.113. The number of anilines is 2. The van der Waals surface area contributed by atoms with Crippen LogP contribution in [0.2, 0.25) is 10.0 Å². The molecule has 0 saturated heterocycles. The van der Waals surface area contributed by atoms with Crippen molar-refractivity contribution in [2.75, 3.05) is 16.4 Å². The maximum absolute atomic E-state index is 12.4. The van der Waals surface area contributed by atoms with Crippen LogP contribution in [0.4, 0.5) is 11.4 Å². The van der Waals surface area contributed by atoms with E-state index in [-0.39, 0.29) is 11.7 Å². The van der Waals surface area contributed by atoms with Gasteiger partial charge in [0.25, 0.3) is 0 Å². The van der Waals surface area contributed by atoms with E-state index in [0.29, 0.717) is 34.0 Å². The van der Waals surface area contributed by atoms with Crippen molar-refractivity contribution in [2.45, 2.75) is 32.1 Å². The number of hydrogen-bond acceptors (Lipinski definition) is 5. The summed E-state index contributed by atoms with van der Waals surface area (Å²) >= 11 is 13.6. The minimum atomic E-state index is -0.141. The maximum atomic E-state index is 12.4. The van der Waals surface area contributed by atoms with Crippen molar-refractivity contribution in [3.8, 4) is 0 Å². The number of rotatable bonds is 9. The van der Waals surface area contributed by atoms with Crippen LogP contribution in [0.25, 0.3) is 0 Å². The predicted octanol–water partition coefficient (Wildman–Crippen LogP) is 5.73. The largest absolute Gasteiger partial charge is 0.377 e. The van der Waals surface area contributed by atoms with Gasteiger partial charge in [-0.3, -0.25) is 4.79 Å². The first-order valence-corrected chi connectivity index (χ1v) is 11.3. The molecule has 0 atom stereocenters. The Morgan fingerprint density at radius 3 is 2.42 bits per heavy atom. The lowest BCUT2D eigenvalue weighted by Gasteiger charge is -2.12. The molecule has 9 heteroatoms. The quantitative estimate of drug-likeness (QED) is 0.305. The van der Waals surface area contributed by atoms with Crippen molar-refractivity contribution in [3.63, 3.8) is 0 Å². The molecule has 2 N–H and O–H groups in total. The third kappa shape index (κ3) is 5.81. The van der Waals surface area contributed by atoms with Crippen molar-refractivity contribution < 1.29 is 4.79 Å². The van der Waals surface area contributed by atoms with Crippen molar-refractivity contribution >= 4 is 52.2 Å². The molecule has 6 nitrogen and oxygen atoms in total. The Morgan fingerprint density at radius 2 is 1.74 bits per heavy atom. The van der Waals surface area contributed by atoms with Gasteiger partial charge < -0.3 is 15.2 Å². The van der Waals surface area contributed by atoms with E-state index in [9.17, 15) is 4.79 Å². The highest BCUT2D eigenvalue weighted by molar-refractivity contribution is 7.99. The summed E-state index contributed by atoms with van der Waals surface area (Å²) < 4.78 is 1.93. The van der Waals surface area contributed by atoms with Gasteiger partial charge in [0, 0.05) is 28.0 Å². The number of amides is 1. The maximum Gasteiger partial charge on any atom is 0.234 e. The predicted molar refractivity (Wildman–Crippen MR) is 129 cm³/mol. The number of halogens is 2. The van der Waals surface area contributed by atoms with Crippen LogP contribution in [0.5, 0.6) is 0 Å². The Hall–Kier alpha value is -2.48. The van der Waals surface area contributed by atoms with Gasteiger partial charge in [-0.2, -0.15) is 0 Å². The van der Waals surface area contributed by atoms with Gasteiger partial charge >= 0.3 is 0 Å². The molecule has 0 aliphatic carbocycles. The molecule has 0 fully saturated rings. The van der Waals surface area contributed by atoms with Crippen LogP contribution in [0, 0.1) is 13.8 Å². The molecule has 0 aliphatic heterocycles. The Labute approximate surface area is 196 Å². The number of aromatic nitrogens is 3. The van der Waals surface area contributed by atoms with Crippen LogP contribution in [0.1, 0.15) is 17.0 Å². The zero-order chi connectivity index (χ0) is 22.4. The molecule has 0 saturated carbocycles. The van der Waals surface area contributed by atoms with Gasteiger partial charge in [0.2, 0.25) is 5.91 Å². The summed E-state index contributed by atoms with van der Waals surface area (Å²) in [5, 5.41) is 16.8. The van der Waals surface area contributed by atoms with Gasteiger partial charge in [0.15, 0.2) is 11.0 Å². The van der Waals surface area contributed by atoms with E-state index in [2.05, 4.69) is 27.4 Å². The number of nitrogens with one attached hydrogen (secondary N) is 2. The van der Waals surface area contributed by atoms with Gasteiger partial charge in [-0.1, -0.05) is 53.2 Å². The number of carbonyl (C=O) groups is 1. The fourth-order valence-electron chi connectivity index (χ4n) is 2.90. The first-order valence-electron chi connectivity index (χ1n) is 9.60. The molecule has 1 heterocycles. The van der Waals surface area contributed by atoms with Crippen molar-refractivity contribution in [1.82, 2.24) is 14.8 Å². The van der Waals surface area contributed by atoms with E-state index in [0.717, 1.165) is 22.6 Å². The molecule has 0 radical (unpaired) electrons. The number of benzene rings is 2. The highest BCUT2D eigenvalue weighted by atomic mass is 35.5. The summed E-state index contributed by atoms with van der Waals surface area (Å²) in [6.07, 6.45) is 1.77. The van der Waals surface area contributed by atoms with E-state index in [4.69, 9.17) is 23.2 Å². The van der Waals surface area contributed by atoms with E-state index in [1.54, 1.807) is 18.2 Å². The van der Waals surface area contributed by atoms with Gasteiger partial charge in [0.1, 0.15) is 0 Å². The first kappa shape index (κ1) is 23.2. The zero-order valence-electron chi connectivity index (χ0n) is 17.3. The molecule has 3 rings (SSSR count). The van der Waals surface area contributed by atoms with Gasteiger partial charge in [0.05, 0.1) is 12.3 Å². The third-order valence-corrected chi connectivity index (χ3v) is 6.47. The molecule has 0 spiro atoms. The monoisotopic (exact) mass is 475 g/mol. The highest BCUT2D eigenvalue weighted by Gasteiger charge is 2.15. The van der Waals surface area contributed by atoms with Crippen LogP contribution in [-0.4, -0.2) is 26.4 Å². The topological polar surface area (TPSA) is 71.8 Å². The van der Waals surface area contributed by atoms with Crippen molar-refractivity contribution in [3.05, 3.63) is 76.0 Å². The molecule has 0 aliphatic rings. The number of thioether (sulfide) groups is 1. The molecule has 1 aromatic heterocycles. The van der Waals surface area contributed by atoms with Crippen LogP contribution in [-0.2, 0) is 17.9 Å². The third-order valence-electron chi connectivity index (χ3n) is 4.68. The van der Waals surface area contributed by atoms with E-state index < -0.39 is 0 Å². The molecular weight excluding hydrogens is 453 g/mol. The van der Waals surface area contributed by atoms with E-state index in [1.165, 1.54) is 11.8 Å². The SMILES string of the molecule is C=CCn1c(CNc2cccc(Cl)c2C)nnc1SCC(=O)Nc1cccc(Cl)c1C. The van der Waals surface area contributed by atoms with Crippen LogP contribution < -0.4 is 10.6 Å². The minimum Gasteiger partial charge on any atom is -0.377 e. The second-order valence-electron chi connectivity index (χ2n) is 6.81. The average Bonchev–Trinajstić information content (AvgIpc) is 3.13. The number of nitrogens with zero attached hydrogens (tertiary/aromatic N) is 3. The van der Waals surface area contributed by atoms with Crippen molar-refractivity contribution in [2.24, 2.45) is 0 Å².